The Morgan fingerprint density at radius 2 is 1.93 bits per heavy atom. The molecule has 0 fully saturated rings. The molecule has 0 aliphatic rings. The van der Waals surface area contributed by atoms with E-state index in [0.29, 0.717) is 0 Å². The van der Waals surface area contributed by atoms with Gasteiger partial charge < -0.3 is 10.1 Å². The Morgan fingerprint density at radius 1 is 1.32 bits per heavy atom. The summed E-state index contributed by atoms with van der Waals surface area (Å²) in [6, 6.07) is 1.90. The van der Waals surface area contributed by atoms with Crippen molar-refractivity contribution in [3.63, 3.8) is 0 Å². The summed E-state index contributed by atoms with van der Waals surface area (Å²) in [5.74, 6) is -1.78. The van der Waals surface area contributed by atoms with E-state index in [2.05, 4.69) is 26.3 Å². The van der Waals surface area contributed by atoms with Crippen molar-refractivity contribution in [2.24, 2.45) is 0 Å². The van der Waals surface area contributed by atoms with Crippen LogP contribution >= 0.6 is 15.9 Å². The number of amides is 1. The Bertz CT molecular complexity index is 940. The van der Waals surface area contributed by atoms with Crippen LogP contribution in [0.15, 0.2) is 39.6 Å². The Balaban J connectivity index is 2.13. The number of halogens is 4. The summed E-state index contributed by atoms with van der Waals surface area (Å²) in [7, 11) is 0. The van der Waals surface area contributed by atoms with Crippen LogP contribution in [0.5, 0.6) is 0 Å². The molecule has 7 nitrogen and oxygen atoms in total. The minimum Gasteiger partial charge on any atom is -0.445 e. The van der Waals surface area contributed by atoms with Crippen LogP contribution in [-0.2, 0) is 11.3 Å². The number of rotatable bonds is 5. The molecule has 2 rings (SSSR count). The fourth-order valence-electron chi connectivity index (χ4n) is 2.11. The average Bonchev–Trinajstić information content (AvgIpc) is 2.95. The molecular formula is C17H18BrF3N4O3. The molecule has 0 saturated carbocycles. The van der Waals surface area contributed by atoms with Crippen LogP contribution in [0, 0.1) is 11.6 Å². The molecule has 0 aliphatic carbocycles. The third kappa shape index (κ3) is 5.47. The number of hydrogen-bond acceptors (Lipinski definition) is 4. The molecule has 0 radical (unpaired) electrons. The first-order chi connectivity index (χ1) is 13.0. The van der Waals surface area contributed by atoms with E-state index in [1.54, 1.807) is 20.8 Å². The summed E-state index contributed by atoms with van der Waals surface area (Å²) in [4.78, 5) is 24.0. The first-order valence-electron chi connectivity index (χ1n) is 8.04. The molecule has 1 heterocycles. The van der Waals surface area contributed by atoms with Crippen molar-refractivity contribution >= 4 is 22.0 Å². The molecule has 0 spiro atoms. The Kier molecular flexibility index (Phi) is 6.70. The Labute approximate surface area is 166 Å². The van der Waals surface area contributed by atoms with Crippen molar-refractivity contribution in [1.29, 1.82) is 0 Å². The molecule has 0 unspecified atom stereocenters. The maximum Gasteiger partial charge on any atom is 0.407 e. The molecular weight excluding hydrogens is 445 g/mol. The zero-order valence-electron chi connectivity index (χ0n) is 15.3. The molecule has 28 heavy (non-hydrogen) atoms. The van der Waals surface area contributed by atoms with Gasteiger partial charge in [-0.05, 0) is 48.8 Å². The molecule has 0 atom stereocenters. The molecule has 1 N–H and O–H groups in total. The third-order valence-corrected chi connectivity index (χ3v) is 4.11. The van der Waals surface area contributed by atoms with Crippen LogP contribution in [-0.4, -0.2) is 32.6 Å². The van der Waals surface area contributed by atoms with E-state index in [9.17, 15) is 22.8 Å². The predicted molar refractivity (Wildman–Crippen MR) is 98.9 cm³/mol. The van der Waals surface area contributed by atoms with E-state index < -0.39 is 35.6 Å². The van der Waals surface area contributed by atoms with E-state index in [4.69, 9.17) is 4.74 Å². The van der Waals surface area contributed by atoms with Gasteiger partial charge in [-0.2, -0.15) is 5.10 Å². The molecule has 152 valence electrons. The van der Waals surface area contributed by atoms with E-state index in [1.807, 2.05) is 0 Å². The molecule has 2 aromatic rings. The number of carbonyl (C=O) groups excluding carboxylic acids is 1. The highest BCUT2D eigenvalue weighted by molar-refractivity contribution is 9.10. The highest BCUT2D eigenvalue weighted by Gasteiger charge is 2.17. The Hall–Kier alpha value is -2.56. The maximum atomic E-state index is 13.7. The molecule has 1 aromatic carbocycles. The van der Waals surface area contributed by atoms with Crippen molar-refractivity contribution in [2.45, 2.75) is 32.9 Å². The lowest BCUT2D eigenvalue weighted by molar-refractivity contribution is 0.145. The zero-order chi connectivity index (χ0) is 21.1. The smallest absolute Gasteiger partial charge is 0.407 e. The fraction of sp³-hybridized carbons (Fsp3) is 0.353. The lowest BCUT2D eigenvalue weighted by Gasteiger charge is -2.20. The maximum absolute atomic E-state index is 13.7. The van der Waals surface area contributed by atoms with Crippen LogP contribution < -0.4 is 11.0 Å². The van der Waals surface area contributed by atoms with Gasteiger partial charge in [0.1, 0.15) is 24.6 Å². The van der Waals surface area contributed by atoms with E-state index in [0.717, 1.165) is 27.7 Å². The normalized spacial score (nSPS) is 12.2. The number of aromatic nitrogens is 3. The number of nitrogens with zero attached hydrogens (tertiary/aromatic N) is 3. The molecule has 1 amide bonds. The summed E-state index contributed by atoms with van der Waals surface area (Å²) in [5, 5.41) is 6.34. The molecule has 0 bridgehead atoms. The molecule has 1 aromatic heterocycles. The first kappa shape index (κ1) is 21.7. The summed E-state index contributed by atoms with van der Waals surface area (Å²) in [5.41, 5.74) is -1.40. The number of ether oxygens (including phenoxy) is 1. The second-order valence-electron chi connectivity index (χ2n) is 6.88. The quantitative estimate of drug-likeness (QED) is 0.690. The zero-order valence-corrected chi connectivity index (χ0v) is 16.9. The van der Waals surface area contributed by atoms with Crippen molar-refractivity contribution in [2.75, 3.05) is 6.61 Å². The largest absolute Gasteiger partial charge is 0.445 e. The van der Waals surface area contributed by atoms with Crippen molar-refractivity contribution in [1.82, 2.24) is 19.7 Å². The Morgan fingerprint density at radius 3 is 2.46 bits per heavy atom. The fourth-order valence-corrected chi connectivity index (χ4v) is 2.34. The summed E-state index contributed by atoms with van der Waals surface area (Å²) in [6.45, 7) is 4.53. The second kappa shape index (κ2) is 8.63. The molecule has 11 heteroatoms. The standard InChI is InChI=1S/C17H18BrF3N4O3/c1-17(2,3)23-15(26)28-8-10(6-19)7-25-16(27)24(9-22-25)11-4-12(20)14(18)13(21)5-11/h4-6,9H,7-8H2,1-3H3,(H,23,26)/b10-6-. The predicted octanol–water partition coefficient (Wildman–Crippen LogP) is 3.45. The van der Waals surface area contributed by atoms with Crippen LogP contribution in [0.2, 0.25) is 0 Å². The van der Waals surface area contributed by atoms with Gasteiger partial charge in [-0.1, -0.05) is 0 Å². The van der Waals surface area contributed by atoms with Gasteiger partial charge in [0.15, 0.2) is 0 Å². The number of hydrogen-bond donors (Lipinski definition) is 1. The highest BCUT2D eigenvalue weighted by atomic mass is 79.9. The molecule has 0 aliphatic heterocycles. The number of nitrogens with one attached hydrogen (secondary N) is 1. The van der Waals surface area contributed by atoms with Gasteiger partial charge >= 0.3 is 11.8 Å². The van der Waals surface area contributed by atoms with Gasteiger partial charge in [-0.25, -0.2) is 32.0 Å². The average molecular weight is 463 g/mol. The second-order valence-corrected chi connectivity index (χ2v) is 7.68. The van der Waals surface area contributed by atoms with Gasteiger partial charge in [-0.15, -0.1) is 0 Å². The first-order valence-corrected chi connectivity index (χ1v) is 8.83. The van der Waals surface area contributed by atoms with Gasteiger partial charge in [-0.3, -0.25) is 0 Å². The van der Waals surface area contributed by atoms with Crippen molar-refractivity contribution in [3.05, 3.63) is 57.0 Å². The van der Waals surface area contributed by atoms with Crippen LogP contribution in [0.25, 0.3) is 5.69 Å². The van der Waals surface area contributed by atoms with E-state index in [-0.39, 0.29) is 28.6 Å². The van der Waals surface area contributed by atoms with Crippen LogP contribution in [0.4, 0.5) is 18.0 Å². The van der Waals surface area contributed by atoms with Crippen molar-refractivity contribution in [3.8, 4) is 5.69 Å². The van der Waals surface area contributed by atoms with Crippen LogP contribution in [0.3, 0.4) is 0 Å². The van der Waals surface area contributed by atoms with E-state index >= 15 is 0 Å². The van der Waals surface area contributed by atoms with Gasteiger partial charge in [0.2, 0.25) is 0 Å². The number of alkyl carbamates (subject to hydrolysis) is 1. The summed E-state index contributed by atoms with van der Waals surface area (Å²) in [6.07, 6.45) is 0.507. The van der Waals surface area contributed by atoms with Gasteiger partial charge in [0, 0.05) is 11.1 Å². The van der Waals surface area contributed by atoms with E-state index in [1.165, 1.54) is 0 Å². The summed E-state index contributed by atoms with van der Waals surface area (Å²) >= 11 is 2.74. The number of benzene rings is 1. The topological polar surface area (TPSA) is 78.2 Å². The van der Waals surface area contributed by atoms with Gasteiger partial charge in [0.25, 0.3) is 0 Å². The SMILES string of the molecule is CC(C)(C)NC(=O)OC/C(=C\F)Cn1ncn(-c2cc(F)c(Br)c(F)c2)c1=O. The monoisotopic (exact) mass is 462 g/mol. The highest BCUT2D eigenvalue weighted by Crippen LogP contribution is 2.22. The summed E-state index contributed by atoms with van der Waals surface area (Å²) < 4.78 is 46.8. The van der Waals surface area contributed by atoms with Gasteiger partial charge in [0.05, 0.1) is 23.0 Å². The lowest BCUT2D eigenvalue weighted by Crippen LogP contribution is -2.41. The van der Waals surface area contributed by atoms with Crippen LogP contribution in [0.1, 0.15) is 20.8 Å². The van der Waals surface area contributed by atoms with Crippen molar-refractivity contribution < 1.29 is 22.7 Å². The lowest BCUT2D eigenvalue weighted by atomic mass is 10.1. The number of carbonyl (C=O) groups is 1. The minimum atomic E-state index is -0.891. The minimum absolute atomic E-state index is 0.0374. The third-order valence-electron chi connectivity index (χ3n) is 3.35. The molecule has 0 saturated heterocycles.